The van der Waals surface area contributed by atoms with Crippen LogP contribution in [-0.2, 0) is 22.4 Å². The molecule has 5 nitrogen and oxygen atoms in total. The first-order valence-corrected chi connectivity index (χ1v) is 7.80. The van der Waals surface area contributed by atoms with Gasteiger partial charge in [0.2, 0.25) is 5.91 Å². The molecule has 124 valence electrons. The Morgan fingerprint density at radius 2 is 1.38 bits per heavy atom. The average Bonchev–Trinajstić information content (AvgIpc) is 2.60. The monoisotopic (exact) mass is 323 g/mol. The highest BCUT2D eigenvalue weighted by Gasteiger charge is 2.06. The first-order chi connectivity index (χ1) is 11.6. The van der Waals surface area contributed by atoms with Gasteiger partial charge >= 0.3 is 0 Å². The van der Waals surface area contributed by atoms with Crippen LogP contribution in [-0.4, -0.2) is 24.1 Å². The molecule has 0 spiro atoms. The van der Waals surface area contributed by atoms with Crippen molar-refractivity contribution in [1.82, 2.24) is 10.7 Å². The predicted octanol–water partition coefficient (Wildman–Crippen LogP) is 2.08. The summed E-state index contributed by atoms with van der Waals surface area (Å²) in [5.74, 6) is -0.537. The standard InChI is InChI=1S/C19H21N3O2/c1-15(12-16-8-4-2-5-9-16)21-22-19(24)14-20-18(23)13-17-10-6-3-7-11-17/h2-11H,12-14H2,1H3,(H,20,23)(H,22,24). The Kier molecular flexibility index (Phi) is 6.71. The van der Waals surface area contributed by atoms with Crippen LogP contribution in [0.2, 0.25) is 0 Å². The fraction of sp³-hybridized carbons (Fsp3) is 0.211. The third-order valence-electron chi connectivity index (χ3n) is 3.33. The van der Waals surface area contributed by atoms with Gasteiger partial charge < -0.3 is 5.32 Å². The maximum atomic E-state index is 11.8. The lowest BCUT2D eigenvalue weighted by molar-refractivity contribution is -0.125. The smallest absolute Gasteiger partial charge is 0.259 e. The van der Waals surface area contributed by atoms with Crippen molar-refractivity contribution in [1.29, 1.82) is 0 Å². The zero-order valence-electron chi connectivity index (χ0n) is 13.7. The number of hydrazone groups is 1. The second-order valence-corrected chi connectivity index (χ2v) is 5.48. The summed E-state index contributed by atoms with van der Waals surface area (Å²) in [6.45, 7) is 1.76. The maximum absolute atomic E-state index is 11.8. The molecule has 2 aromatic rings. The van der Waals surface area contributed by atoms with Crippen LogP contribution in [0.4, 0.5) is 0 Å². The van der Waals surface area contributed by atoms with Crippen molar-refractivity contribution in [2.24, 2.45) is 5.10 Å². The molecule has 2 N–H and O–H groups in total. The van der Waals surface area contributed by atoms with E-state index in [4.69, 9.17) is 0 Å². The molecule has 0 atom stereocenters. The summed E-state index contributed by atoms with van der Waals surface area (Å²) >= 11 is 0. The topological polar surface area (TPSA) is 70.6 Å². The minimum Gasteiger partial charge on any atom is -0.347 e. The van der Waals surface area contributed by atoms with Crippen LogP contribution in [0.3, 0.4) is 0 Å². The third kappa shape index (κ3) is 6.44. The van der Waals surface area contributed by atoms with Crippen molar-refractivity contribution in [3.8, 4) is 0 Å². The van der Waals surface area contributed by atoms with E-state index in [1.807, 2.05) is 67.6 Å². The lowest BCUT2D eigenvalue weighted by Crippen LogP contribution is -2.36. The van der Waals surface area contributed by atoms with Gasteiger partial charge in [-0.1, -0.05) is 60.7 Å². The number of nitrogens with zero attached hydrogens (tertiary/aromatic N) is 1. The van der Waals surface area contributed by atoms with Gasteiger partial charge in [-0.25, -0.2) is 5.43 Å². The Morgan fingerprint density at radius 1 is 0.833 bits per heavy atom. The summed E-state index contributed by atoms with van der Waals surface area (Å²) in [6.07, 6.45) is 0.923. The molecule has 2 amide bonds. The molecular formula is C19H21N3O2. The molecular weight excluding hydrogens is 302 g/mol. The van der Waals surface area contributed by atoms with Crippen molar-refractivity contribution in [3.63, 3.8) is 0 Å². The molecule has 0 aliphatic heterocycles. The summed E-state index contributed by atoms with van der Waals surface area (Å²) in [4.78, 5) is 23.5. The van der Waals surface area contributed by atoms with Gasteiger partial charge in [-0.2, -0.15) is 5.10 Å². The molecule has 0 radical (unpaired) electrons. The van der Waals surface area contributed by atoms with E-state index in [1.54, 1.807) is 0 Å². The van der Waals surface area contributed by atoms with Crippen molar-refractivity contribution < 1.29 is 9.59 Å². The minimum absolute atomic E-state index is 0.0895. The number of hydrogen-bond donors (Lipinski definition) is 2. The van der Waals surface area contributed by atoms with Gasteiger partial charge in [-0.15, -0.1) is 0 Å². The van der Waals surface area contributed by atoms with Gasteiger partial charge in [-0.05, 0) is 18.1 Å². The highest BCUT2D eigenvalue weighted by atomic mass is 16.2. The fourth-order valence-electron chi connectivity index (χ4n) is 2.15. The maximum Gasteiger partial charge on any atom is 0.259 e. The highest BCUT2D eigenvalue weighted by Crippen LogP contribution is 2.00. The van der Waals surface area contributed by atoms with Gasteiger partial charge in [0.1, 0.15) is 0 Å². The summed E-state index contributed by atoms with van der Waals surface area (Å²) in [7, 11) is 0. The molecule has 2 rings (SSSR count). The van der Waals surface area contributed by atoms with Crippen molar-refractivity contribution >= 4 is 17.5 Å². The predicted molar refractivity (Wildman–Crippen MR) is 94.6 cm³/mol. The molecule has 0 bridgehead atoms. The number of carbonyl (C=O) groups excluding carboxylic acids is 2. The number of hydrogen-bond acceptors (Lipinski definition) is 3. The lowest BCUT2D eigenvalue weighted by atomic mass is 10.1. The van der Waals surface area contributed by atoms with Crippen LogP contribution < -0.4 is 10.7 Å². The van der Waals surface area contributed by atoms with Crippen molar-refractivity contribution in [2.45, 2.75) is 19.8 Å². The molecule has 0 saturated heterocycles. The van der Waals surface area contributed by atoms with Crippen LogP contribution in [0.25, 0.3) is 0 Å². The lowest BCUT2D eigenvalue weighted by Gasteiger charge is -2.05. The van der Waals surface area contributed by atoms with Crippen LogP contribution in [0.15, 0.2) is 65.8 Å². The SMILES string of the molecule is CC(Cc1ccccc1)=NNC(=O)CNC(=O)Cc1ccccc1. The van der Waals surface area contributed by atoms with Crippen LogP contribution in [0.5, 0.6) is 0 Å². The molecule has 0 unspecified atom stereocenters. The Hall–Kier alpha value is -2.95. The van der Waals surface area contributed by atoms with Crippen LogP contribution in [0, 0.1) is 0 Å². The fourth-order valence-corrected chi connectivity index (χ4v) is 2.15. The normalized spacial score (nSPS) is 11.0. The first kappa shape index (κ1) is 17.4. The quantitative estimate of drug-likeness (QED) is 0.605. The molecule has 0 saturated carbocycles. The minimum atomic E-state index is -0.344. The number of rotatable bonds is 7. The average molecular weight is 323 g/mol. The van der Waals surface area contributed by atoms with E-state index in [0.717, 1.165) is 16.8 Å². The van der Waals surface area contributed by atoms with Gasteiger partial charge in [-0.3, -0.25) is 9.59 Å². The zero-order valence-corrected chi connectivity index (χ0v) is 13.7. The molecule has 24 heavy (non-hydrogen) atoms. The van der Waals surface area contributed by atoms with Crippen LogP contribution >= 0.6 is 0 Å². The van der Waals surface area contributed by atoms with Gasteiger partial charge in [0.05, 0.1) is 13.0 Å². The van der Waals surface area contributed by atoms with E-state index in [2.05, 4.69) is 15.8 Å². The van der Waals surface area contributed by atoms with E-state index in [-0.39, 0.29) is 24.8 Å². The summed E-state index contributed by atoms with van der Waals surface area (Å²) in [5.41, 5.74) is 5.29. The molecule has 2 aromatic carbocycles. The molecule has 0 aliphatic rings. The number of benzene rings is 2. The first-order valence-electron chi connectivity index (χ1n) is 7.80. The Bertz CT molecular complexity index is 697. The van der Waals surface area contributed by atoms with Gasteiger partial charge in [0, 0.05) is 12.1 Å². The van der Waals surface area contributed by atoms with E-state index in [0.29, 0.717) is 6.42 Å². The molecule has 0 fully saturated rings. The number of nitrogens with one attached hydrogen (secondary N) is 2. The van der Waals surface area contributed by atoms with E-state index in [1.165, 1.54) is 0 Å². The van der Waals surface area contributed by atoms with Gasteiger partial charge in [0.25, 0.3) is 5.91 Å². The van der Waals surface area contributed by atoms with Gasteiger partial charge in [0.15, 0.2) is 0 Å². The molecule has 0 aliphatic carbocycles. The Labute approximate surface area is 141 Å². The zero-order chi connectivity index (χ0) is 17.2. The van der Waals surface area contributed by atoms with Crippen LogP contribution in [0.1, 0.15) is 18.1 Å². The second-order valence-electron chi connectivity index (χ2n) is 5.48. The third-order valence-corrected chi connectivity index (χ3v) is 3.33. The largest absolute Gasteiger partial charge is 0.347 e. The Balaban J connectivity index is 1.71. The Morgan fingerprint density at radius 3 is 1.96 bits per heavy atom. The number of carbonyl (C=O) groups is 2. The van der Waals surface area contributed by atoms with E-state index in [9.17, 15) is 9.59 Å². The molecule has 5 heteroatoms. The molecule has 0 heterocycles. The molecule has 0 aromatic heterocycles. The van der Waals surface area contributed by atoms with E-state index >= 15 is 0 Å². The summed E-state index contributed by atoms with van der Waals surface area (Å²) in [5, 5.41) is 6.63. The second kappa shape index (κ2) is 9.25. The van der Waals surface area contributed by atoms with E-state index < -0.39 is 0 Å². The highest BCUT2D eigenvalue weighted by molar-refractivity contribution is 5.88. The summed E-state index contributed by atoms with van der Waals surface area (Å²) in [6, 6.07) is 19.3. The van der Waals surface area contributed by atoms with Crippen molar-refractivity contribution in [3.05, 3.63) is 71.8 Å². The number of amides is 2. The van der Waals surface area contributed by atoms with Crippen molar-refractivity contribution in [2.75, 3.05) is 6.54 Å². The summed E-state index contributed by atoms with van der Waals surface area (Å²) < 4.78 is 0.